The molecule has 0 unspecified atom stereocenters. The van der Waals surface area contributed by atoms with Crippen LogP contribution in [0.25, 0.3) is 0 Å². The molecule has 0 bridgehead atoms. The van der Waals surface area contributed by atoms with Crippen LogP contribution in [0.4, 0.5) is 0 Å². The van der Waals surface area contributed by atoms with Crippen LogP contribution in [0.2, 0.25) is 0 Å². The van der Waals surface area contributed by atoms with E-state index in [0.29, 0.717) is 0 Å². The smallest absolute Gasteiger partial charge is 0.145 e. The Bertz CT molecular complexity index is 80.1. The maximum absolute atomic E-state index is 2.30. The van der Waals surface area contributed by atoms with E-state index in [1.54, 1.807) is 0 Å². The Hall–Kier alpha value is 0.350. The molecule has 0 aromatic rings. The highest BCUT2D eigenvalue weighted by Crippen LogP contribution is 2.54. The molecule has 0 radical (unpaired) electrons. The van der Waals surface area contributed by atoms with Crippen molar-refractivity contribution in [3.8, 4) is 0 Å². The van der Waals surface area contributed by atoms with Gasteiger partial charge in [-0.15, -0.1) is 0 Å². The molecule has 0 saturated carbocycles. The van der Waals surface area contributed by atoms with Crippen LogP contribution in [0.15, 0.2) is 0 Å². The molecular formula is C8H24N2P+. The number of rotatable bonds is 2. The third-order valence-electron chi connectivity index (χ3n) is 1.96. The molecule has 0 heterocycles. The van der Waals surface area contributed by atoms with Gasteiger partial charge in [0, 0.05) is 28.2 Å². The summed E-state index contributed by atoms with van der Waals surface area (Å²) in [6, 6.07) is 0. The fourth-order valence-corrected chi connectivity index (χ4v) is 1.07. The molecule has 0 atom stereocenters. The second-order valence-corrected chi connectivity index (χ2v) is 7.30. The van der Waals surface area contributed by atoms with Crippen LogP contribution in [0.3, 0.4) is 0 Å². The molecule has 0 aromatic heterocycles. The maximum Gasteiger partial charge on any atom is 0.145 e. The van der Waals surface area contributed by atoms with E-state index in [1.165, 1.54) is 0 Å². The van der Waals surface area contributed by atoms with Crippen LogP contribution in [0.5, 0.6) is 0 Å². The van der Waals surface area contributed by atoms with Crippen LogP contribution < -0.4 is 0 Å². The lowest BCUT2D eigenvalue weighted by Gasteiger charge is -2.29. The Morgan fingerprint density at radius 1 is 0.727 bits per heavy atom. The van der Waals surface area contributed by atoms with Gasteiger partial charge in [-0.05, 0) is 0 Å². The first kappa shape index (κ1) is 13.9. The van der Waals surface area contributed by atoms with Crippen LogP contribution in [-0.2, 0) is 0 Å². The van der Waals surface area contributed by atoms with Crippen LogP contribution >= 0.6 is 7.56 Å². The number of hydrogen-bond donors (Lipinski definition) is 0. The van der Waals surface area contributed by atoms with Gasteiger partial charge >= 0.3 is 0 Å². The zero-order valence-electron chi connectivity index (χ0n) is 9.34. The summed E-state index contributed by atoms with van der Waals surface area (Å²) < 4.78 is 4.60. The van der Waals surface area contributed by atoms with Crippen LogP contribution in [0, 0.1) is 0 Å². The minimum Gasteiger partial charge on any atom is -0.170 e. The predicted molar refractivity (Wildman–Crippen MR) is 57.5 cm³/mol. The second-order valence-electron chi connectivity index (χ2n) is 3.03. The Morgan fingerprint density at radius 3 is 0.909 bits per heavy atom. The quantitative estimate of drug-likeness (QED) is 0.600. The zero-order chi connectivity index (χ0) is 9.65. The lowest BCUT2D eigenvalue weighted by atomic mass is 11.0. The lowest BCUT2D eigenvalue weighted by molar-refractivity contribution is 0.561. The molecule has 11 heavy (non-hydrogen) atoms. The van der Waals surface area contributed by atoms with Crippen molar-refractivity contribution >= 4 is 7.56 Å². The molecule has 0 aromatic carbocycles. The van der Waals surface area contributed by atoms with E-state index >= 15 is 0 Å². The van der Waals surface area contributed by atoms with Crippen molar-refractivity contribution in [3.05, 3.63) is 0 Å². The summed E-state index contributed by atoms with van der Waals surface area (Å²) in [5.74, 6) is 0. The van der Waals surface area contributed by atoms with Gasteiger partial charge in [-0.25, -0.2) is 0 Å². The van der Waals surface area contributed by atoms with Crippen LogP contribution in [0.1, 0.15) is 13.8 Å². The Labute approximate surface area is 73.0 Å². The standard InChI is InChI=1S/C6H18N2P.C2H6/c1-7(2)9(5,6)8(3)4;1-2/h1-6H3;1-2H3/q+1;. The molecular weight excluding hydrogens is 155 g/mol. The largest absolute Gasteiger partial charge is 0.170 e. The molecule has 0 aliphatic heterocycles. The van der Waals surface area contributed by atoms with E-state index in [4.69, 9.17) is 0 Å². The van der Waals surface area contributed by atoms with Gasteiger partial charge in [-0.2, -0.15) is 9.34 Å². The summed E-state index contributed by atoms with van der Waals surface area (Å²) in [5.41, 5.74) is 0. The fraction of sp³-hybridized carbons (Fsp3) is 1.00. The molecule has 0 saturated heterocycles. The Morgan fingerprint density at radius 2 is 0.909 bits per heavy atom. The highest BCUT2D eigenvalue weighted by atomic mass is 31.2. The predicted octanol–water partition coefficient (Wildman–Crippen LogP) is 2.24. The molecule has 0 aliphatic carbocycles. The zero-order valence-corrected chi connectivity index (χ0v) is 10.2. The average Bonchev–Trinajstić information content (AvgIpc) is 1.91. The molecule has 0 N–H and O–H groups in total. The molecule has 0 rings (SSSR count). The molecule has 0 spiro atoms. The topological polar surface area (TPSA) is 6.48 Å². The van der Waals surface area contributed by atoms with Crippen molar-refractivity contribution in [2.75, 3.05) is 41.5 Å². The van der Waals surface area contributed by atoms with Crippen molar-refractivity contribution < 1.29 is 0 Å². The van der Waals surface area contributed by atoms with Gasteiger partial charge in [-0.3, -0.25) is 0 Å². The molecule has 70 valence electrons. The Kier molecular flexibility index (Phi) is 7.50. The van der Waals surface area contributed by atoms with Crippen molar-refractivity contribution in [2.24, 2.45) is 0 Å². The van der Waals surface area contributed by atoms with Gasteiger partial charge in [-0.1, -0.05) is 13.8 Å². The van der Waals surface area contributed by atoms with Gasteiger partial charge in [0.1, 0.15) is 7.56 Å². The fourth-order valence-electron chi connectivity index (χ4n) is 0.358. The minimum atomic E-state index is -0.920. The first-order chi connectivity index (χ1) is 4.89. The maximum atomic E-state index is 2.30. The van der Waals surface area contributed by atoms with Crippen LogP contribution in [-0.4, -0.2) is 50.9 Å². The minimum absolute atomic E-state index is 0.920. The highest BCUT2D eigenvalue weighted by Gasteiger charge is 2.31. The summed E-state index contributed by atoms with van der Waals surface area (Å²) in [7, 11) is 7.61. The molecule has 2 nitrogen and oxygen atoms in total. The average molecular weight is 179 g/mol. The summed E-state index contributed by atoms with van der Waals surface area (Å²) in [6.07, 6.45) is 0. The van der Waals surface area contributed by atoms with Gasteiger partial charge in [0.25, 0.3) is 0 Å². The van der Waals surface area contributed by atoms with E-state index in [1.807, 2.05) is 13.8 Å². The SMILES string of the molecule is CC.CN(C)[P+](C)(C)N(C)C. The summed E-state index contributed by atoms with van der Waals surface area (Å²) in [6.45, 7) is 8.60. The Balaban J connectivity index is 0. The third kappa shape index (κ3) is 4.73. The van der Waals surface area contributed by atoms with E-state index in [-0.39, 0.29) is 0 Å². The summed E-state index contributed by atoms with van der Waals surface area (Å²) in [5, 5.41) is 0. The first-order valence-corrected chi connectivity index (χ1v) is 6.67. The van der Waals surface area contributed by atoms with Crippen molar-refractivity contribution in [2.45, 2.75) is 13.8 Å². The van der Waals surface area contributed by atoms with E-state index in [2.05, 4.69) is 50.9 Å². The van der Waals surface area contributed by atoms with E-state index in [0.717, 1.165) is 0 Å². The third-order valence-corrected chi connectivity index (χ3v) is 5.87. The number of nitrogens with zero attached hydrogens (tertiary/aromatic N) is 2. The monoisotopic (exact) mass is 179 g/mol. The molecule has 0 aliphatic rings. The summed E-state index contributed by atoms with van der Waals surface area (Å²) in [4.78, 5) is 0. The molecule has 3 heteroatoms. The van der Waals surface area contributed by atoms with E-state index < -0.39 is 7.56 Å². The van der Waals surface area contributed by atoms with Gasteiger partial charge in [0.15, 0.2) is 0 Å². The number of hydrogen-bond acceptors (Lipinski definition) is 2. The lowest BCUT2D eigenvalue weighted by Crippen LogP contribution is -2.24. The van der Waals surface area contributed by atoms with Crippen molar-refractivity contribution in [1.82, 2.24) is 9.34 Å². The molecule has 0 fully saturated rings. The molecule has 0 amide bonds. The van der Waals surface area contributed by atoms with Gasteiger partial charge in [0.05, 0.1) is 13.3 Å². The van der Waals surface area contributed by atoms with Gasteiger partial charge < -0.3 is 0 Å². The van der Waals surface area contributed by atoms with Gasteiger partial charge in [0.2, 0.25) is 0 Å². The normalized spacial score (nSPS) is 11.5. The highest BCUT2D eigenvalue weighted by molar-refractivity contribution is 7.69. The summed E-state index contributed by atoms with van der Waals surface area (Å²) >= 11 is 0. The van der Waals surface area contributed by atoms with Crippen molar-refractivity contribution in [3.63, 3.8) is 0 Å². The second kappa shape index (κ2) is 5.93. The first-order valence-electron chi connectivity index (χ1n) is 4.08. The van der Waals surface area contributed by atoms with Crippen molar-refractivity contribution in [1.29, 1.82) is 0 Å². The van der Waals surface area contributed by atoms with E-state index in [9.17, 15) is 0 Å².